The van der Waals surface area contributed by atoms with E-state index in [4.69, 9.17) is 23.2 Å². The summed E-state index contributed by atoms with van der Waals surface area (Å²) in [6, 6.07) is 9.82. The van der Waals surface area contributed by atoms with Gasteiger partial charge in [-0.05, 0) is 48.9 Å². The highest BCUT2D eigenvalue weighted by atomic mass is 35.5. The molecule has 0 atom stereocenters. The predicted molar refractivity (Wildman–Crippen MR) is 103 cm³/mol. The molecule has 0 aliphatic rings. The molecule has 26 heavy (non-hydrogen) atoms. The maximum absolute atomic E-state index is 13.0. The first-order valence-electron chi connectivity index (χ1n) is 7.65. The third-order valence-electron chi connectivity index (χ3n) is 3.48. The van der Waals surface area contributed by atoms with E-state index in [1.54, 1.807) is 12.1 Å². The van der Waals surface area contributed by atoms with Crippen LogP contribution in [0.2, 0.25) is 10.0 Å². The minimum absolute atomic E-state index is 0.0794. The molecule has 0 fully saturated rings. The number of sulfonamides is 1. The Morgan fingerprint density at radius 2 is 1.81 bits per heavy atom. The average molecular weight is 419 g/mol. The summed E-state index contributed by atoms with van der Waals surface area (Å²) in [6.07, 6.45) is 1.41. The molecule has 0 unspecified atom stereocenters. The van der Waals surface area contributed by atoms with E-state index in [1.165, 1.54) is 30.3 Å². The molecule has 2 rings (SSSR count). The normalized spacial score (nSPS) is 11.2. The van der Waals surface area contributed by atoms with Gasteiger partial charge in [-0.25, -0.2) is 12.8 Å². The molecule has 0 saturated carbocycles. The van der Waals surface area contributed by atoms with E-state index in [0.29, 0.717) is 21.4 Å². The van der Waals surface area contributed by atoms with Crippen molar-refractivity contribution in [3.8, 4) is 0 Å². The van der Waals surface area contributed by atoms with Gasteiger partial charge in [0.25, 0.3) is 0 Å². The quantitative estimate of drug-likeness (QED) is 0.727. The van der Waals surface area contributed by atoms with E-state index in [9.17, 15) is 17.6 Å². The van der Waals surface area contributed by atoms with Gasteiger partial charge in [0, 0.05) is 18.0 Å². The number of nitrogens with zero attached hydrogens (tertiary/aromatic N) is 1. The van der Waals surface area contributed by atoms with Crippen molar-refractivity contribution in [1.82, 2.24) is 0 Å². The number of nitrogens with one attached hydrogen (secondary N) is 1. The van der Waals surface area contributed by atoms with Crippen LogP contribution in [0, 0.1) is 5.82 Å². The van der Waals surface area contributed by atoms with Gasteiger partial charge in [0.1, 0.15) is 5.82 Å². The molecule has 0 heterocycles. The molecule has 0 spiro atoms. The van der Waals surface area contributed by atoms with Crippen LogP contribution < -0.4 is 9.62 Å². The molecule has 140 valence electrons. The van der Waals surface area contributed by atoms with Crippen molar-refractivity contribution in [3.63, 3.8) is 0 Å². The number of anilines is 2. The zero-order chi connectivity index (χ0) is 19.3. The molecule has 0 radical (unpaired) electrons. The van der Waals surface area contributed by atoms with Crippen molar-refractivity contribution in [3.05, 3.63) is 58.3 Å². The molecular formula is C17H17Cl2FN2O3S. The van der Waals surface area contributed by atoms with Gasteiger partial charge in [-0.2, -0.15) is 0 Å². The molecule has 1 amide bonds. The van der Waals surface area contributed by atoms with Gasteiger partial charge in [0.05, 0.1) is 22.7 Å². The van der Waals surface area contributed by atoms with Crippen LogP contribution in [-0.2, 0) is 14.8 Å². The summed E-state index contributed by atoms with van der Waals surface area (Å²) in [4.78, 5) is 12.1. The fourth-order valence-electron chi connectivity index (χ4n) is 2.28. The maximum atomic E-state index is 13.0. The number of hydrogen-bond acceptors (Lipinski definition) is 3. The molecule has 0 saturated heterocycles. The topological polar surface area (TPSA) is 66.5 Å². The molecule has 2 aromatic rings. The van der Waals surface area contributed by atoms with E-state index in [2.05, 4.69) is 5.32 Å². The van der Waals surface area contributed by atoms with Crippen LogP contribution in [0.5, 0.6) is 0 Å². The van der Waals surface area contributed by atoms with Crippen LogP contribution in [0.1, 0.15) is 12.8 Å². The molecular weight excluding hydrogens is 402 g/mol. The largest absolute Gasteiger partial charge is 0.325 e. The summed E-state index contributed by atoms with van der Waals surface area (Å²) in [7, 11) is -3.56. The fourth-order valence-corrected chi connectivity index (χ4v) is 3.59. The van der Waals surface area contributed by atoms with E-state index in [1.807, 2.05) is 0 Å². The lowest BCUT2D eigenvalue weighted by molar-refractivity contribution is -0.116. The van der Waals surface area contributed by atoms with Crippen molar-refractivity contribution >= 4 is 50.5 Å². The van der Waals surface area contributed by atoms with Crippen molar-refractivity contribution in [2.75, 3.05) is 22.4 Å². The van der Waals surface area contributed by atoms with Gasteiger partial charge >= 0.3 is 0 Å². The number of benzene rings is 2. The van der Waals surface area contributed by atoms with Crippen molar-refractivity contribution in [2.24, 2.45) is 0 Å². The number of hydrogen-bond donors (Lipinski definition) is 1. The maximum Gasteiger partial charge on any atom is 0.232 e. The Labute approximate surface area is 161 Å². The van der Waals surface area contributed by atoms with Crippen LogP contribution in [0.4, 0.5) is 15.8 Å². The average Bonchev–Trinajstić information content (AvgIpc) is 2.55. The Kier molecular flexibility index (Phi) is 6.86. The summed E-state index contributed by atoms with van der Waals surface area (Å²) in [5.41, 5.74) is 0.731. The Morgan fingerprint density at radius 3 is 2.42 bits per heavy atom. The first-order valence-corrected chi connectivity index (χ1v) is 10.3. The summed E-state index contributed by atoms with van der Waals surface area (Å²) < 4.78 is 38.1. The standard InChI is InChI=1S/C17H17Cl2FN2O3S/c1-26(24,25)22(14-7-5-13(20)6-8-14)10-2-3-17(23)21-16-11-12(18)4-9-15(16)19/h4-9,11H,2-3,10H2,1H3,(H,21,23). The highest BCUT2D eigenvalue weighted by molar-refractivity contribution is 7.92. The van der Waals surface area contributed by atoms with Crippen molar-refractivity contribution in [2.45, 2.75) is 12.8 Å². The Hall–Kier alpha value is -1.83. The highest BCUT2D eigenvalue weighted by Crippen LogP contribution is 2.25. The van der Waals surface area contributed by atoms with Crippen molar-refractivity contribution < 1.29 is 17.6 Å². The van der Waals surface area contributed by atoms with Crippen LogP contribution in [0.25, 0.3) is 0 Å². The summed E-state index contributed by atoms with van der Waals surface area (Å²) in [5.74, 6) is -0.776. The van der Waals surface area contributed by atoms with E-state index < -0.39 is 15.8 Å². The molecule has 5 nitrogen and oxygen atoms in total. The molecule has 1 N–H and O–H groups in total. The van der Waals surface area contributed by atoms with Crippen LogP contribution in [0.15, 0.2) is 42.5 Å². The second-order valence-corrected chi connectivity index (χ2v) is 8.34. The van der Waals surface area contributed by atoms with Gasteiger partial charge in [0.2, 0.25) is 15.9 Å². The van der Waals surface area contributed by atoms with E-state index in [-0.39, 0.29) is 25.3 Å². The third kappa shape index (κ3) is 5.86. The Morgan fingerprint density at radius 1 is 1.15 bits per heavy atom. The molecule has 0 aliphatic heterocycles. The lowest BCUT2D eigenvalue weighted by Crippen LogP contribution is -2.31. The zero-order valence-electron chi connectivity index (χ0n) is 13.9. The van der Waals surface area contributed by atoms with Gasteiger partial charge in [-0.1, -0.05) is 23.2 Å². The van der Waals surface area contributed by atoms with Crippen molar-refractivity contribution in [1.29, 1.82) is 0 Å². The Bertz CT molecular complexity index is 889. The number of halogens is 3. The van der Waals surface area contributed by atoms with Crippen LogP contribution >= 0.6 is 23.2 Å². The zero-order valence-corrected chi connectivity index (χ0v) is 16.2. The highest BCUT2D eigenvalue weighted by Gasteiger charge is 2.18. The Balaban J connectivity index is 1.98. The predicted octanol–water partition coefficient (Wildman–Crippen LogP) is 4.32. The second-order valence-electron chi connectivity index (χ2n) is 5.59. The summed E-state index contributed by atoms with van der Waals surface area (Å²) in [6.45, 7) is 0.0845. The first-order chi connectivity index (χ1) is 12.2. The van der Waals surface area contributed by atoms with Gasteiger partial charge in [-0.3, -0.25) is 9.10 Å². The molecule has 2 aromatic carbocycles. The second kappa shape index (κ2) is 8.70. The van der Waals surface area contributed by atoms with E-state index in [0.717, 1.165) is 10.6 Å². The lowest BCUT2D eigenvalue weighted by atomic mass is 10.2. The minimum Gasteiger partial charge on any atom is -0.325 e. The molecule has 0 aromatic heterocycles. The monoisotopic (exact) mass is 418 g/mol. The van der Waals surface area contributed by atoms with Crippen LogP contribution in [0.3, 0.4) is 0 Å². The SMILES string of the molecule is CS(=O)(=O)N(CCCC(=O)Nc1cc(Cl)ccc1Cl)c1ccc(F)cc1. The molecule has 0 bridgehead atoms. The van der Waals surface area contributed by atoms with Gasteiger partial charge in [-0.15, -0.1) is 0 Å². The summed E-state index contributed by atoms with van der Waals surface area (Å²) >= 11 is 11.9. The van der Waals surface area contributed by atoms with E-state index >= 15 is 0 Å². The molecule has 9 heteroatoms. The van der Waals surface area contributed by atoms with Crippen LogP contribution in [-0.4, -0.2) is 27.1 Å². The molecule has 0 aliphatic carbocycles. The number of carbonyl (C=O) groups is 1. The fraction of sp³-hybridized carbons (Fsp3) is 0.235. The van der Waals surface area contributed by atoms with Gasteiger partial charge in [0.15, 0.2) is 0 Å². The first kappa shape index (κ1) is 20.5. The number of amides is 1. The number of carbonyl (C=O) groups excluding carboxylic acids is 1. The minimum atomic E-state index is -3.56. The van der Waals surface area contributed by atoms with Gasteiger partial charge < -0.3 is 5.32 Å². The lowest BCUT2D eigenvalue weighted by Gasteiger charge is -2.22. The smallest absolute Gasteiger partial charge is 0.232 e. The summed E-state index contributed by atoms with van der Waals surface area (Å²) in [5, 5.41) is 3.43. The number of rotatable bonds is 7. The third-order valence-corrected chi connectivity index (χ3v) is 5.24.